The fourth-order valence-corrected chi connectivity index (χ4v) is 2.11. The second kappa shape index (κ2) is 5.22. The molecule has 2 aromatic rings. The van der Waals surface area contributed by atoms with Gasteiger partial charge in [0.15, 0.2) is 5.82 Å². The van der Waals surface area contributed by atoms with Gasteiger partial charge in [0, 0.05) is 18.9 Å². The smallest absolute Gasteiger partial charge is 0.168 e. The van der Waals surface area contributed by atoms with Gasteiger partial charge in [-0.2, -0.15) is 0 Å². The third-order valence-electron chi connectivity index (χ3n) is 3.25. The van der Waals surface area contributed by atoms with E-state index in [4.69, 9.17) is 0 Å². The maximum absolute atomic E-state index is 4.11. The van der Waals surface area contributed by atoms with E-state index in [2.05, 4.69) is 31.9 Å². The summed E-state index contributed by atoms with van der Waals surface area (Å²) >= 11 is 0. The fraction of sp³-hybridized carbons (Fsp3) is 0.500. The molecule has 0 amide bonds. The minimum atomic E-state index is 0.346. The van der Waals surface area contributed by atoms with Crippen molar-refractivity contribution in [3.8, 4) is 0 Å². The number of nitrogens with one attached hydrogen (secondary N) is 1. The van der Waals surface area contributed by atoms with Gasteiger partial charge < -0.3 is 5.32 Å². The van der Waals surface area contributed by atoms with E-state index in [0.717, 1.165) is 38.2 Å². The van der Waals surface area contributed by atoms with Crippen molar-refractivity contribution in [3.05, 3.63) is 35.9 Å². The zero-order valence-electron chi connectivity index (χ0n) is 10.2. The van der Waals surface area contributed by atoms with Crippen LogP contribution in [0.15, 0.2) is 24.5 Å². The van der Waals surface area contributed by atoms with Crippen LogP contribution in [0, 0.1) is 0 Å². The SMILES string of the molecule is c1cncc(CCCn2nnnc2[C@@H]2CCN2)c1. The molecule has 2 aromatic heterocycles. The third-order valence-corrected chi connectivity index (χ3v) is 3.25. The van der Waals surface area contributed by atoms with Crippen LogP contribution < -0.4 is 5.32 Å². The average Bonchev–Trinajstić information content (AvgIpc) is 2.77. The standard InChI is InChI=1S/C12H16N6/c1-3-10(9-13-6-1)4-2-8-18-12(15-16-17-18)11-5-7-14-11/h1,3,6,9,11,14H,2,4-5,7-8H2/t11-/m0/s1. The summed E-state index contributed by atoms with van der Waals surface area (Å²) in [6.45, 7) is 1.92. The van der Waals surface area contributed by atoms with Crippen molar-refractivity contribution in [1.29, 1.82) is 0 Å². The van der Waals surface area contributed by atoms with Crippen LogP contribution in [-0.4, -0.2) is 31.7 Å². The van der Waals surface area contributed by atoms with Gasteiger partial charge in [0.2, 0.25) is 0 Å². The number of pyridine rings is 1. The van der Waals surface area contributed by atoms with Crippen molar-refractivity contribution >= 4 is 0 Å². The molecular formula is C12H16N6. The van der Waals surface area contributed by atoms with Gasteiger partial charge in [-0.25, -0.2) is 4.68 Å². The summed E-state index contributed by atoms with van der Waals surface area (Å²) in [6, 6.07) is 4.41. The minimum absolute atomic E-state index is 0.346. The molecule has 1 saturated heterocycles. The molecule has 18 heavy (non-hydrogen) atoms. The Bertz CT molecular complexity index is 490. The number of hydrogen-bond acceptors (Lipinski definition) is 5. The highest BCUT2D eigenvalue weighted by atomic mass is 15.5. The monoisotopic (exact) mass is 244 g/mol. The molecule has 6 heteroatoms. The van der Waals surface area contributed by atoms with Crippen LogP contribution in [0.5, 0.6) is 0 Å². The molecule has 0 spiro atoms. The predicted octanol–water partition coefficient (Wildman–Crippen LogP) is 0.735. The molecule has 0 radical (unpaired) electrons. The Morgan fingerprint density at radius 3 is 3.11 bits per heavy atom. The molecule has 1 N–H and O–H groups in total. The molecule has 0 aliphatic carbocycles. The molecule has 1 aliphatic rings. The summed E-state index contributed by atoms with van der Waals surface area (Å²) < 4.78 is 1.91. The first-order valence-corrected chi connectivity index (χ1v) is 6.32. The normalized spacial score (nSPS) is 18.6. The van der Waals surface area contributed by atoms with Crippen LogP contribution in [-0.2, 0) is 13.0 Å². The lowest BCUT2D eigenvalue weighted by molar-refractivity contribution is 0.346. The first kappa shape index (κ1) is 11.3. The molecule has 0 unspecified atom stereocenters. The summed E-state index contributed by atoms with van der Waals surface area (Å²) in [4.78, 5) is 4.11. The molecule has 3 heterocycles. The molecule has 94 valence electrons. The molecule has 1 atom stereocenters. The van der Waals surface area contributed by atoms with Gasteiger partial charge in [0.05, 0.1) is 6.04 Å². The molecular weight excluding hydrogens is 228 g/mol. The first-order valence-electron chi connectivity index (χ1n) is 6.32. The van der Waals surface area contributed by atoms with Gasteiger partial charge in [0.1, 0.15) is 0 Å². The van der Waals surface area contributed by atoms with E-state index >= 15 is 0 Å². The molecule has 0 saturated carbocycles. The lowest BCUT2D eigenvalue weighted by Crippen LogP contribution is -2.37. The van der Waals surface area contributed by atoms with Gasteiger partial charge in [-0.05, 0) is 47.9 Å². The zero-order chi connectivity index (χ0) is 12.2. The van der Waals surface area contributed by atoms with E-state index < -0.39 is 0 Å². The van der Waals surface area contributed by atoms with Gasteiger partial charge in [0.25, 0.3) is 0 Å². The number of aromatic nitrogens is 5. The van der Waals surface area contributed by atoms with E-state index in [1.54, 1.807) is 6.20 Å². The number of tetrazole rings is 1. The van der Waals surface area contributed by atoms with Crippen molar-refractivity contribution in [2.24, 2.45) is 0 Å². The highest BCUT2D eigenvalue weighted by Gasteiger charge is 2.24. The summed E-state index contributed by atoms with van der Waals surface area (Å²) in [5, 5.41) is 15.2. The fourth-order valence-electron chi connectivity index (χ4n) is 2.11. The molecule has 0 bridgehead atoms. The topological polar surface area (TPSA) is 68.5 Å². The largest absolute Gasteiger partial charge is 0.307 e. The van der Waals surface area contributed by atoms with Crippen molar-refractivity contribution in [1.82, 2.24) is 30.5 Å². The van der Waals surface area contributed by atoms with E-state index in [0.29, 0.717) is 6.04 Å². The Labute approximate surface area is 105 Å². The van der Waals surface area contributed by atoms with Crippen molar-refractivity contribution in [2.75, 3.05) is 6.54 Å². The Kier molecular flexibility index (Phi) is 3.27. The van der Waals surface area contributed by atoms with Crippen LogP contribution in [0.3, 0.4) is 0 Å². The Morgan fingerprint density at radius 2 is 2.39 bits per heavy atom. The molecule has 0 aromatic carbocycles. The van der Waals surface area contributed by atoms with Crippen molar-refractivity contribution in [3.63, 3.8) is 0 Å². The predicted molar refractivity (Wildman–Crippen MR) is 65.7 cm³/mol. The number of rotatable bonds is 5. The van der Waals surface area contributed by atoms with Crippen LogP contribution in [0.1, 0.15) is 30.3 Å². The van der Waals surface area contributed by atoms with Gasteiger partial charge >= 0.3 is 0 Å². The summed E-state index contributed by atoms with van der Waals surface area (Å²) in [5.74, 6) is 0.965. The Balaban J connectivity index is 1.55. The van der Waals surface area contributed by atoms with Gasteiger partial charge in [-0.15, -0.1) is 5.10 Å². The van der Waals surface area contributed by atoms with E-state index in [-0.39, 0.29) is 0 Å². The van der Waals surface area contributed by atoms with Gasteiger partial charge in [-0.3, -0.25) is 4.98 Å². The van der Waals surface area contributed by atoms with Crippen LogP contribution >= 0.6 is 0 Å². The number of hydrogen-bond donors (Lipinski definition) is 1. The molecule has 3 rings (SSSR count). The van der Waals surface area contributed by atoms with Gasteiger partial charge in [-0.1, -0.05) is 6.07 Å². The minimum Gasteiger partial charge on any atom is -0.307 e. The van der Waals surface area contributed by atoms with Crippen LogP contribution in [0.25, 0.3) is 0 Å². The molecule has 1 aliphatic heterocycles. The highest BCUT2D eigenvalue weighted by Crippen LogP contribution is 2.19. The maximum atomic E-state index is 4.11. The second-order valence-electron chi connectivity index (χ2n) is 4.52. The first-order chi connectivity index (χ1) is 8.93. The number of nitrogens with zero attached hydrogens (tertiary/aromatic N) is 5. The molecule has 1 fully saturated rings. The van der Waals surface area contributed by atoms with Crippen molar-refractivity contribution in [2.45, 2.75) is 31.8 Å². The zero-order valence-corrected chi connectivity index (χ0v) is 10.2. The third kappa shape index (κ3) is 2.38. The number of aryl methyl sites for hydroxylation is 2. The Hall–Kier alpha value is -1.82. The maximum Gasteiger partial charge on any atom is 0.168 e. The van der Waals surface area contributed by atoms with E-state index in [9.17, 15) is 0 Å². The summed E-state index contributed by atoms with van der Waals surface area (Å²) in [6.07, 6.45) is 6.86. The summed E-state index contributed by atoms with van der Waals surface area (Å²) in [5.41, 5.74) is 1.26. The lowest BCUT2D eigenvalue weighted by Gasteiger charge is -2.26. The van der Waals surface area contributed by atoms with Crippen molar-refractivity contribution < 1.29 is 0 Å². The van der Waals surface area contributed by atoms with E-state index in [1.807, 2.05) is 16.9 Å². The quantitative estimate of drug-likeness (QED) is 0.840. The average molecular weight is 244 g/mol. The Morgan fingerprint density at radius 1 is 1.44 bits per heavy atom. The van der Waals surface area contributed by atoms with E-state index in [1.165, 1.54) is 5.56 Å². The van der Waals surface area contributed by atoms with Crippen LogP contribution in [0.2, 0.25) is 0 Å². The highest BCUT2D eigenvalue weighted by molar-refractivity contribution is 5.08. The molecule has 6 nitrogen and oxygen atoms in total. The second-order valence-corrected chi connectivity index (χ2v) is 4.52. The lowest BCUT2D eigenvalue weighted by atomic mass is 10.1. The van der Waals surface area contributed by atoms with Crippen LogP contribution in [0.4, 0.5) is 0 Å². The summed E-state index contributed by atoms with van der Waals surface area (Å²) in [7, 11) is 0.